The molecule has 0 bridgehead atoms. The van der Waals surface area contributed by atoms with Gasteiger partial charge < -0.3 is 20.1 Å². The van der Waals surface area contributed by atoms with Gasteiger partial charge in [0.15, 0.2) is 0 Å². The van der Waals surface area contributed by atoms with E-state index in [9.17, 15) is 14.4 Å². The first-order valence-corrected chi connectivity index (χ1v) is 11.7. The Kier molecular flexibility index (Phi) is 9.10. The van der Waals surface area contributed by atoms with Gasteiger partial charge in [0.1, 0.15) is 6.04 Å². The van der Waals surface area contributed by atoms with E-state index in [1.807, 2.05) is 32.9 Å². The average molecular weight is 437 g/mol. The Balaban J connectivity index is 2.39. The molecule has 1 fully saturated rings. The molecule has 0 aromatic rings. The number of hydrogen-bond acceptors (Lipinski definition) is 5. The summed E-state index contributed by atoms with van der Waals surface area (Å²) in [6.07, 6.45) is 7.85. The summed E-state index contributed by atoms with van der Waals surface area (Å²) in [4.78, 5) is 41.5. The number of allylic oxidation sites excluding steroid dienone is 1. The van der Waals surface area contributed by atoms with Crippen molar-refractivity contribution in [2.45, 2.75) is 78.3 Å². The van der Waals surface area contributed by atoms with Crippen LogP contribution in [-0.2, 0) is 19.1 Å². The Morgan fingerprint density at radius 2 is 1.87 bits per heavy atom. The molecule has 7 nitrogen and oxygen atoms in total. The van der Waals surface area contributed by atoms with Crippen molar-refractivity contribution in [1.29, 1.82) is 0 Å². The van der Waals surface area contributed by atoms with Crippen molar-refractivity contribution in [3.63, 3.8) is 0 Å². The number of unbranched alkanes of at least 4 members (excludes halogenated alkanes) is 2. The number of hydrogen-bond donors (Lipinski definition) is 2. The molecule has 31 heavy (non-hydrogen) atoms. The Morgan fingerprint density at radius 3 is 2.45 bits per heavy atom. The second-order valence-electron chi connectivity index (χ2n) is 9.72. The van der Waals surface area contributed by atoms with Crippen LogP contribution in [0.15, 0.2) is 12.2 Å². The number of nitrogens with one attached hydrogen (secondary N) is 1. The van der Waals surface area contributed by atoms with Crippen molar-refractivity contribution in [3.05, 3.63) is 12.2 Å². The van der Waals surface area contributed by atoms with Crippen LogP contribution in [0.4, 0.5) is 0 Å². The molecule has 2 rings (SSSR count). The first-order valence-electron chi connectivity index (χ1n) is 11.7. The molecule has 0 radical (unpaired) electrons. The van der Waals surface area contributed by atoms with Gasteiger partial charge in [-0.25, -0.2) is 0 Å². The number of fused-ring (bicyclic) bond motifs is 1. The lowest BCUT2D eigenvalue weighted by Gasteiger charge is -2.34. The van der Waals surface area contributed by atoms with Crippen LogP contribution in [0.2, 0.25) is 0 Å². The maximum Gasteiger partial charge on any atom is 0.310 e. The molecule has 0 saturated carbocycles. The molecule has 2 amide bonds. The molecular formula is C24H40N2O5. The molecule has 5 atom stereocenters. The highest BCUT2D eigenvalue weighted by Gasteiger charge is 2.57. The van der Waals surface area contributed by atoms with Crippen molar-refractivity contribution in [3.8, 4) is 0 Å². The normalized spacial score (nSPS) is 27.9. The quantitative estimate of drug-likeness (QED) is 0.312. The summed E-state index contributed by atoms with van der Waals surface area (Å²) in [5, 5.41) is 12.1. The van der Waals surface area contributed by atoms with E-state index in [1.54, 1.807) is 11.8 Å². The Bertz CT molecular complexity index is 669. The summed E-state index contributed by atoms with van der Waals surface area (Å²) < 4.78 is 5.37. The fourth-order valence-electron chi connectivity index (χ4n) is 4.92. The smallest absolute Gasteiger partial charge is 0.310 e. The van der Waals surface area contributed by atoms with Crippen LogP contribution >= 0.6 is 0 Å². The highest BCUT2D eigenvalue weighted by atomic mass is 16.5. The zero-order valence-corrected chi connectivity index (χ0v) is 19.7. The predicted octanol–water partition coefficient (Wildman–Crippen LogP) is 2.67. The summed E-state index contributed by atoms with van der Waals surface area (Å²) in [5.74, 6) is -2.21. The number of carbonyl (C=O) groups is 3. The summed E-state index contributed by atoms with van der Waals surface area (Å²) in [6, 6.07) is -0.637. The second kappa shape index (κ2) is 11.1. The van der Waals surface area contributed by atoms with Gasteiger partial charge in [-0.3, -0.25) is 14.4 Å². The Labute approximate surface area is 186 Å². The van der Waals surface area contributed by atoms with Crippen LogP contribution in [0.1, 0.15) is 66.7 Å². The molecule has 0 unspecified atom stereocenters. The van der Waals surface area contributed by atoms with E-state index in [4.69, 9.17) is 9.84 Å². The second-order valence-corrected chi connectivity index (χ2v) is 9.72. The third-order valence-electron chi connectivity index (χ3n) is 6.12. The molecule has 2 aliphatic rings. The van der Waals surface area contributed by atoms with E-state index in [2.05, 4.69) is 12.2 Å². The minimum Gasteiger partial charge on any atom is -0.466 e. The summed E-state index contributed by atoms with van der Waals surface area (Å²) in [5.41, 5.74) is -0.426. The molecule has 0 spiro atoms. The van der Waals surface area contributed by atoms with Gasteiger partial charge in [-0.15, -0.1) is 0 Å². The van der Waals surface area contributed by atoms with Crippen molar-refractivity contribution in [2.24, 2.45) is 23.7 Å². The van der Waals surface area contributed by atoms with Crippen molar-refractivity contribution in [2.75, 3.05) is 19.8 Å². The van der Waals surface area contributed by atoms with Crippen LogP contribution in [0.25, 0.3) is 0 Å². The lowest BCUT2D eigenvalue weighted by molar-refractivity contribution is -0.155. The summed E-state index contributed by atoms with van der Waals surface area (Å²) in [7, 11) is 0. The number of amides is 2. The number of aliphatic hydroxyl groups excluding tert-OH is 1. The van der Waals surface area contributed by atoms with E-state index in [0.29, 0.717) is 19.4 Å². The summed E-state index contributed by atoms with van der Waals surface area (Å²) >= 11 is 0. The fourth-order valence-corrected chi connectivity index (χ4v) is 4.92. The molecule has 1 aliphatic heterocycles. The zero-order chi connectivity index (χ0) is 23.2. The van der Waals surface area contributed by atoms with Crippen LogP contribution < -0.4 is 5.32 Å². The van der Waals surface area contributed by atoms with Crippen LogP contribution in [0.3, 0.4) is 0 Å². The topological polar surface area (TPSA) is 95.9 Å². The largest absolute Gasteiger partial charge is 0.466 e. The van der Waals surface area contributed by atoms with Crippen molar-refractivity contribution in [1.82, 2.24) is 10.2 Å². The van der Waals surface area contributed by atoms with Gasteiger partial charge >= 0.3 is 5.97 Å². The number of nitrogens with zero attached hydrogens (tertiary/aromatic N) is 1. The number of rotatable bonds is 10. The minimum absolute atomic E-state index is 0.0603. The van der Waals surface area contributed by atoms with E-state index in [0.717, 1.165) is 19.3 Å². The molecule has 1 heterocycles. The van der Waals surface area contributed by atoms with E-state index in [-0.39, 0.29) is 42.8 Å². The SMILES string of the molecule is CCC[C@@H]1C=C[C@H]2[C@H](C(=O)N(CCCCCO)[C@@H]2C(=O)NC(C)(C)C)[C@@H]1C(=O)OCC. The maximum absolute atomic E-state index is 13.6. The number of aliphatic hydroxyl groups is 1. The highest BCUT2D eigenvalue weighted by molar-refractivity contribution is 5.96. The standard InChI is InChI=1S/C24H40N2O5/c1-6-11-16-12-13-17-19(18(16)23(30)31-7-2)22(29)26(14-9-8-10-15-27)20(17)21(28)25-24(3,4)5/h12-13,16-20,27H,6-11,14-15H2,1-5H3,(H,25,28)/t16-,17+,18-,19+,20+/m1/s1. The molecule has 1 saturated heterocycles. The van der Waals surface area contributed by atoms with Crippen LogP contribution in [-0.4, -0.2) is 59.1 Å². The molecular weight excluding hydrogens is 396 g/mol. The van der Waals surface area contributed by atoms with Crippen molar-refractivity contribution < 1.29 is 24.2 Å². The monoisotopic (exact) mass is 436 g/mol. The van der Waals surface area contributed by atoms with E-state index < -0.39 is 23.4 Å². The Hall–Kier alpha value is -1.89. The minimum atomic E-state index is -0.637. The molecule has 7 heteroatoms. The van der Waals surface area contributed by atoms with Crippen molar-refractivity contribution >= 4 is 17.8 Å². The first kappa shape index (κ1) is 25.4. The maximum atomic E-state index is 13.6. The molecule has 1 aliphatic carbocycles. The lowest BCUT2D eigenvalue weighted by Crippen LogP contribution is -2.52. The van der Waals surface area contributed by atoms with Gasteiger partial charge in [-0.2, -0.15) is 0 Å². The Morgan fingerprint density at radius 1 is 1.16 bits per heavy atom. The fraction of sp³-hybridized carbons (Fsp3) is 0.792. The van der Waals surface area contributed by atoms with Gasteiger partial charge in [-0.05, 0) is 59.3 Å². The molecule has 2 N–H and O–H groups in total. The first-order chi connectivity index (χ1) is 14.7. The van der Waals surface area contributed by atoms with Gasteiger partial charge in [0.25, 0.3) is 0 Å². The lowest BCUT2D eigenvalue weighted by atomic mass is 9.68. The average Bonchev–Trinajstić information content (AvgIpc) is 2.96. The number of carbonyl (C=O) groups excluding carboxylic acids is 3. The zero-order valence-electron chi connectivity index (χ0n) is 19.7. The molecule has 0 aromatic heterocycles. The van der Waals surface area contributed by atoms with E-state index in [1.165, 1.54) is 0 Å². The van der Waals surface area contributed by atoms with E-state index >= 15 is 0 Å². The summed E-state index contributed by atoms with van der Waals surface area (Å²) in [6.45, 7) is 10.4. The highest BCUT2D eigenvalue weighted by Crippen LogP contribution is 2.45. The number of ether oxygens (including phenoxy) is 1. The van der Waals surface area contributed by atoms with Gasteiger partial charge in [0, 0.05) is 24.6 Å². The van der Waals surface area contributed by atoms with Gasteiger partial charge in [0.2, 0.25) is 11.8 Å². The van der Waals surface area contributed by atoms with Gasteiger partial charge in [0.05, 0.1) is 18.4 Å². The molecule has 176 valence electrons. The predicted molar refractivity (Wildman–Crippen MR) is 119 cm³/mol. The third-order valence-corrected chi connectivity index (χ3v) is 6.12. The number of likely N-dealkylation sites (tertiary alicyclic amines) is 1. The van der Waals surface area contributed by atoms with Gasteiger partial charge in [-0.1, -0.05) is 25.5 Å². The van der Waals surface area contributed by atoms with Crippen LogP contribution in [0.5, 0.6) is 0 Å². The molecule has 0 aromatic carbocycles. The van der Waals surface area contributed by atoms with Crippen LogP contribution in [0, 0.1) is 23.7 Å². The third kappa shape index (κ3) is 6.09. The number of esters is 1.